The topological polar surface area (TPSA) is 18.5 Å². The summed E-state index contributed by atoms with van der Waals surface area (Å²) >= 11 is 6.47. The Morgan fingerprint density at radius 2 is 1.75 bits per heavy atom. The second-order valence-corrected chi connectivity index (χ2v) is 5.99. The van der Waals surface area contributed by atoms with Gasteiger partial charge in [0, 0.05) is 5.38 Å². The highest BCUT2D eigenvalue weighted by Gasteiger charge is 2.21. The molecule has 3 heteroatoms. The number of hydrogen-bond donors (Lipinski definition) is 0. The van der Waals surface area contributed by atoms with Crippen molar-refractivity contribution >= 4 is 11.6 Å². The third kappa shape index (κ3) is 4.59. The number of para-hydroxylation sites is 2. The predicted molar refractivity (Wildman–Crippen MR) is 83.9 cm³/mol. The zero-order valence-electron chi connectivity index (χ0n) is 12.3. The molecule has 2 rings (SSSR count). The molecule has 0 aromatic heterocycles. The number of benzene rings is 1. The van der Waals surface area contributed by atoms with Crippen molar-refractivity contribution in [3.8, 4) is 11.5 Å². The Balaban J connectivity index is 1.83. The van der Waals surface area contributed by atoms with Crippen LogP contribution in [-0.4, -0.2) is 18.6 Å². The van der Waals surface area contributed by atoms with E-state index in [1.54, 1.807) is 0 Å². The van der Waals surface area contributed by atoms with Gasteiger partial charge >= 0.3 is 0 Å². The Morgan fingerprint density at radius 1 is 1.05 bits per heavy atom. The van der Waals surface area contributed by atoms with Crippen LogP contribution in [0.4, 0.5) is 0 Å². The molecule has 1 aromatic carbocycles. The molecule has 0 radical (unpaired) electrons. The van der Waals surface area contributed by atoms with Crippen molar-refractivity contribution in [1.82, 2.24) is 0 Å². The minimum Gasteiger partial charge on any atom is -0.490 e. The van der Waals surface area contributed by atoms with Gasteiger partial charge in [-0.1, -0.05) is 31.4 Å². The van der Waals surface area contributed by atoms with E-state index in [4.69, 9.17) is 21.1 Å². The molecule has 2 unspecified atom stereocenters. The number of halogens is 1. The van der Waals surface area contributed by atoms with Crippen LogP contribution >= 0.6 is 11.6 Å². The highest BCUT2D eigenvalue weighted by molar-refractivity contribution is 6.20. The third-order valence-corrected chi connectivity index (χ3v) is 4.54. The maximum Gasteiger partial charge on any atom is 0.161 e. The van der Waals surface area contributed by atoms with Crippen LogP contribution in [0.1, 0.15) is 45.4 Å². The van der Waals surface area contributed by atoms with Crippen LogP contribution < -0.4 is 9.47 Å². The van der Waals surface area contributed by atoms with Gasteiger partial charge in [-0.3, -0.25) is 0 Å². The molecule has 2 nitrogen and oxygen atoms in total. The molecule has 0 aliphatic heterocycles. The van der Waals surface area contributed by atoms with Crippen LogP contribution in [0.25, 0.3) is 0 Å². The molecule has 1 saturated carbocycles. The molecule has 1 aromatic rings. The minimum absolute atomic E-state index is 0.322. The Hall–Kier alpha value is -0.890. The van der Waals surface area contributed by atoms with Crippen LogP contribution in [-0.2, 0) is 0 Å². The van der Waals surface area contributed by atoms with Crippen molar-refractivity contribution in [2.75, 3.05) is 13.2 Å². The van der Waals surface area contributed by atoms with Gasteiger partial charge in [-0.05, 0) is 44.2 Å². The lowest BCUT2D eigenvalue weighted by molar-refractivity contribution is 0.249. The summed E-state index contributed by atoms with van der Waals surface area (Å²) in [4.78, 5) is 0. The molecule has 0 N–H and O–H groups in total. The molecule has 0 spiro atoms. The summed E-state index contributed by atoms with van der Waals surface area (Å²) in [5, 5.41) is 0.322. The third-order valence-electron chi connectivity index (χ3n) is 3.96. The maximum atomic E-state index is 6.47. The van der Waals surface area contributed by atoms with Gasteiger partial charge < -0.3 is 9.47 Å². The second kappa shape index (κ2) is 8.41. The number of alkyl halides is 1. The summed E-state index contributed by atoms with van der Waals surface area (Å²) in [7, 11) is 0. The average Bonchev–Trinajstić information content (AvgIpc) is 2.66. The molecule has 112 valence electrons. The number of ether oxygens (including phenoxy) is 2. The quantitative estimate of drug-likeness (QED) is 0.541. The van der Waals surface area contributed by atoms with Crippen LogP contribution in [0.3, 0.4) is 0 Å². The van der Waals surface area contributed by atoms with Gasteiger partial charge in [0.25, 0.3) is 0 Å². The lowest BCUT2D eigenvalue weighted by Crippen LogP contribution is -2.16. The fraction of sp³-hybridized carbons (Fsp3) is 0.647. The monoisotopic (exact) mass is 296 g/mol. The van der Waals surface area contributed by atoms with Crippen molar-refractivity contribution in [3.63, 3.8) is 0 Å². The molecule has 1 aliphatic carbocycles. The summed E-state index contributed by atoms with van der Waals surface area (Å²) in [6, 6.07) is 7.87. The zero-order chi connectivity index (χ0) is 14.2. The standard InChI is InChI=1S/C17H25ClO2/c1-2-19-16-10-6-7-11-17(16)20-13-12-14-8-4-3-5-9-15(14)18/h6-7,10-11,14-15H,2-5,8-9,12-13H2,1H3. The normalized spacial score (nSPS) is 23.1. The van der Waals surface area contributed by atoms with Gasteiger partial charge in [0.2, 0.25) is 0 Å². The first-order chi connectivity index (χ1) is 9.81. The van der Waals surface area contributed by atoms with E-state index in [0.717, 1.165) is 30.9 Å². The highest BCUT2D eigenvalue weighted by atomic mass is 35.5. The van der Waals surface area contributed by atoms with E-state index < -0.39 is 0 Å². The van der Waals surface area contributed by atoms with Gasteiger partial charge in [0.15, 0.2) is 11.5 Å². The molecular weight excluding hydrogens is 272 g/mol. The van der Waals surface area contributed by atoms with E-state index in [0.29, 0.717) is 17.9 Å². The van der Waals surface area contributed by atoms with Crippen molar-refractivity contribution < 1.29 is 9.47 Å². The summed E-state index contributed by atoms with van der Waals surface area (Å²) in [6.45, 7) is 3.37. The van der Waals surface area contributed by atoms with Crippen molar-refractivity contribution in [3.05, 3.63) is 24.3 Å². The fourth-order valence-electron chi connectivity index (χ4n) is 2.83. The number of hydrogen-bond acceptors (Lipinski definition) is 2. The van der Waals surface area contributed by atoms with Crippen LogP contribution in [0, 0.1) is 5.92 Å². The lowest BCUT2D eigenvalue weighted by atomic mass is 9.96. The van der Waals surface area contributed by atoms with Crippen molar-refractivity contribution in [1.29, 1.82) is 0 Å². The summed E-state index contributed by atoms with van der Waals surface area (Å²) in [5.74, 6) is 2.27. The first-order valence-electron chi connectivity index (χ1n) is 7.80. The molecule has 1 aliphatic rings. The first kappa shape index (κ1) is 15.5. The van der Waals surface area contributed by atoms with Gasteiger partial charge in [-0.2, -0.15) is 0 Å². The molecule has 0 bridgehead atoms. The van der Waals surface area contributed by atoms with E-state index in [9.17, 15) is 0 Å². The molecule has 0 amide bonds. The Morgan fingerprint density at radius 3 is 2.50 bits per heavy atom. The van der Waals surface area contributed by atoms with Gasteiger partial charge in [0.05, 0.1) is 13.2 Å². The molecule has 0 saturated heterocycles. The summed E-state index contributed by atoms with van der Waals surface area (Å²) < 4.78 is 11.5. The zero-order valence-corrected chi connectivity index (χ0v) is 13.1. The predicted octanol–water partition coefficient (Wildman–Crippen LogP) is 5.04. The van der Waals surface area contributed by atoms with E-state index in [-0.39, 0.29) is 0 Å². The van der Waals surface area contributed by atoms with E-state index in [1.165, 1.54) is 25.7 Å². The lowest BCUT2D eigenvalue weighted by Gasteiger charge is -2.20. The molecule has 20 heavy (non-hydrogen) atoms. The SMILES string of the molecule is CCOc1ccccc1OCCC1CCCCCC1Cl. The Bertz CT molecular complexity index is 394. The first-order valence-corrected chi connectivity index (χ1v) is 8.23. The maximum absolute atomic E-state index is 6.47. The van der Waals surface area contributed by atoms with Gasteiger partial charge in [-0.25, -0.2) is 0 Å². The second-order valence-electron chi connectivity index (χ2n) is 5.43. The van der Waals surface area contributed by atoms with Crippen molar-refractivity contribution in [2.45, 2.75) is 50.8 Å². The van der Waals surface area contributed by atoms with E-state index >= 15 is 0 Å². The minimum atomic E-state index is 0.322. The van der Waals surface area contributed by atoms with Crippen LogP contribution in [0.2, 0.25) is 0 Å². The molecule has 1 fully saturated rings. The smallest absolute Gasteiger partial charge is 0.161 e. The largest absolute Gasteiger partial charge is 0.490 e. The van der Waals surface area contributed by atoms with Crippen LogP contribution in [0.5, 0.6) is 11.5 Å². The molecule has 0 heterocycles. The van der Waals surface area contributed by atoms with E-state index in [1.807, 2.05) is 31.2 Å². The Labute approximate surface area is 127 Å². The molecule has 2 atom stereocenters. The fourth-order valence-corrected chi connectivity index (χ4v) is 3.24. The Kier molecular flexibility index (Phi) is 6.52. The van der Waals surface area contributed by atoms with Gasteiger partial charge in [0.1, 0.15) is 0 Å². The van der Waals surface area contributed by atoms with Crippen LogP contribution in [0.15, 0.2) is 24.3 Å². The summed E-state index contributed by atoms with van der Waals surface area (Å²) in [6.07, 6.45) is 7.34. The number of rotatable bonds is 6. The van der Waals surface area contributed by atoms with E-state index in [2.05, 4.69) is 0 Å². The summed E-state index contributed by atoms with van der Waals surface area (Å²) in [5.41, 5.74) is 0. The van der Waals surface area contributed by atoms with Crippen molar-refractivity contribution in [2.24, 2.45) is 5.92 Å². The highest BCUT2D eigenvalue weighted by Crippen LogP contribution is 2.31. The van der Waals surface area contributed by atoms with Gasteiger partial charge in [-0.15, -0.1) is 11.6 Å². The molecular formula is C17H25ClO2. The average molecular weight is 297 g/mol.